The molecule has 0 aliphatic carbocycles. The summed E-state index contributed by atoms with van der Waals surface area (Å²) in [5.74, 6) is -1.28. The number of hydrogen-bond acceptors (Lipinski definition) is 4. The number of aromatic nitrogens is 1. The number of rotatable bonds is 5. The van der Waals surface area contributed by atoms with Gasteiger partial charge in [-0.25, -0.2) is 9.59 Å². The van der Waals surface area contributed by atoms with Crippen molar-refractivity contribution in [2.45, 2.75) is 25.6 Å². The van der Waals surface area contributed by atoms with Crippen molar-refractivity contribution in [3.63, 3.8) is 0 Å². The lowest BCUT2D eigenvalue weighted by molar-refractivity contribution is -0.141. The normalized spacial score (nSPS) is 13.4. The molecule has 2 amide bonds. The number of urea groups is 1. The summed E-state index contributed by atoms with van der Waals surface area (Å²) in [7, 11) is 1.54. The third kappa shape index (κ3) is 4.55. The number of aliphatic carboxylic acids is 1. The third-order valence-corrected chi connectivity index (χ3v) is 2.54. The average molecular weight is 267 g/mol. The molecule has 1 aromatic heterocycles. The van der Waals surface area contributed by atoms with Crippen molar-refractivity contribution in [2.24, 2.45) is 0 Å². The molecule has 0 aromatic carbocycles. The van der Waals surface area contributed by atoms with E-state index < -0.39 is 24.1 Å². The van der Waals surface area contributed by atoms with E-state index in [1.165, 1.54) is 18.9 Å². The number of nitrogens with one attached hydrogen (secondary N) is 1. The Balaban J connectivity index is 2.60. The molecule has 0 bridgehead atoms. The number of carbonyl (C=O) groups is 2. The van der Waals surface area contributed by atoms with Crippen LogP contribution < -0.4 is 5.32 Å². The first-order valence-corrected chi connectivity index (χ1v) is 5.73. The van der Waals surface area contributed by atoms with Gasteiger partial charge in [0.2, 0.25) is 0 Å². The molecular formula is C12H17N3O4. The van der Waals surface area contributed by atoms with Crippen LogP contribution in [0.5, 0.6) is 0 Å². The molecule has 104 valence electrons. The maximum atomic E-state index is 11.8. The topological polar surface area (TPSA) is 103 Å². The van der Waals surface area contributed by atoms with Crippen LogP contribution in [0, 0.1) is 0 Å². The Kier molecular flexibility index (Phi) is 5.25. The second kappa shape index (κ2) is 6.69. The molecule has 0 spiro atoms. The van der Waals surface area contributed by atoms with Gasteiger partial charge >= 0.3 is 12.0 Å². The zero-order chi connectivity index (χ0) is 14.4. The number of aliphatic hydroxyl groups is 1. The molecule has 7 nitrogen and oxygen atoms in total. The molecule has 0 radical (unpaired) electrons. The molecule has 7 heteroatoms. The van der Waals surface area contributed by atoms with Gasteiger partial charge < -0.3 is 20.4 Å². The predicted molar refractivity (Wildman–Crippen MR) is 67.3 cm³/mol. The molecule has 0 aliphatic heterocycles. The minimum Gasteiger partial charge on any atom is -0.480 e. The van der Waals surface area contributed by atoms with E-state index in [1.807, 2.05) is 0 Å². The van der Waals surface area contributed by atoms with E-state index in [4.69, 9.17) is 5.11 Å². The Labute approximate surface area is 110 Å². The fraction of sp³-hybridized carbons (Fsp3) is 0.417. The zero-order valence-corrected chi connectivity index (χ0v) is 10.8. The highest BCUT2D eigenvalue weighted by Gasteiger charge is 2.26. The fourth-order valence-electron chi connectivity index (χ4n) is 1.47. The Bertz CT molecular complexity index is 436. The van der Waals surface area contributed by atoms with E-state index in [-0.39, 0.29) is 0 Å². The van der Waals surface area contributed by atoms with Gasteiger partial charge in [0, 0.05) is 26.0 Å². The van der Waals surface area contributed by atoms with E-state index in [0.29, 0.717) is 6.54 Å². The molecule has 0 saturated heterocycles. The number of amides is 2. The van der Waals surface area contributed by atoms with Gasteiger partial charge in [-0.2, -0.15) is 0 Å². The summed E-state index contributed by atoms with van der Waals surface area (Å²) in [6.45, 7) is 1.63. The molecular weight excluding hydrogens is 250 g/mol. The summed E-state index contributed by atoms with van der Waals surface area (Å²) < 4.78 is 0. The highest BCUT2D eigenvalue weighted by molar-refractivity contribution is 5.82. The second-order valence-corrected chi connectivity index (χ2v) is 4.22. The van der Waals surface area contributed by atoms with E-state index in [2.05, 4.69) is 10.3 Å². The summed E-state index contributed by atoms with van der Waals surface area (Å²) >= 11 is 0. The van der Waals surface area contributed by atoms with E-state index >= 15 is 0 Å². The lowest BCUT2D eigenvalue weighted by Crippen LogP contribution is -2.51. The number of carbonyl (C=O) groups excluding carboxylic acids is 1. The maximum absolute atomic E-state index is 11.8. The molecule has 0 saturated carbocycles. The summed E-state index contributed by atoms with van der Waals surface area (Å²) in [5.41, 5.74) is 0.872. The summed E-state index contributed by atoms with van der Waals surface area (Å²) in [6.07, 6.45) is 2.05. The Morgan fingerprint density at radius 2 is 2.00 bits per heavy atom. The molecule has 0 fully saturated rings. The number of carboxylic acids is 1. The summed E-state index contributed by atoms with van der Waals surface area (Å²) in [4.78, 5) is 27.8. The van der Waals surface area contributed by atoms with Crippen LogP contribution in [-0.4, -0.2) is 51.3 Å². The minimum atomic E-state index is -1.33. The van der Waals surface area contributed by atoms with Gasteiger partial charge in [-0.05, 0) is 24.6 Å². The van der Waals surface area contributed by atoms with E-state index in [0.717, 1.165) is 5.56 Å². The average Bonchev–Trinajstić information content (AvgIpc) is 2.35. The third-order valence-electron chi connectivity index (χ3n) is 2.54. The molecule has 1 heterocycles. The van der Waals surface area contributed by atoms with Crippen LogP contribution in [0.2, 0.25) is 0 Å². The molecule has 1 aromatic rings. The van der Waals surface area contributed by atoms with Crippen LogP contribution in [0.15, 0.2) is 24.5 Å². The number of aliphatic hydroxyl groups excluding tert-OH is 1. The van der Waals surface area contributed by atoms with Crippen molar-refractivity contribution in [1.82, 2.24) is 15.2 Å². The van der Waals surface area contributed by atoms with Gasteiger partial charge in [-0.15, -0.1) is 0 Å². The lowest BCUT2D eigenvalue weighted by Gasteiger charge is -2.22. The van der Waals surface area contributed by atoms with Crippen LogP contribution in [0.4, 0.5) is 4.79 Å². The Morgan fingerprint density at radius 3 is 2.47 bits per heavy atom. The minimum absolute atomic E-state index is 0.320. The van der Waals surface area contributed by atoms with Crippen LogP contribution in [0.25, 0.3) is 0 Å². The monoisotopic (exact) mass is 267 g/mol. The summed E-state index contributed by atoms with van der Waals surface area (Å²) in [5, 5.41) is 20.4. The van der Waals surface area contributed by atoms with Crippen LogP contribution >= 0.6 is 0 Å². The molecule has 1 rings (SSSR count). The Morgan fingerprint density at radius 1 is 1.42 bits per heavy atom. The van der Waals surface area contributed by atoms with Gasteiger partial charge in [-0.3, -0.25) is 4.98 Å². The van der Waals surface area contributed by atoms with Gasteiger partial charge in [0.1, 0.15) is 0 Å². The highest BCUT2D eigenvalue weighted by Crippen LogP contribution is 2.02. The van der Waals surface area contributed by atoms with Crippen LogP contribution in [0.1, 0.15) is 12.5 Å². The first-order valence-electron chi connectivity index (χ1n) is 5.73. The molecule has 3 N–H and O–H groups in total. The first kappa shape index (κ1) is 14.9. The van der Waals surface area contributed by atoms with E-state index in [9.17, 15) is 14.7 Å². The summed E-state index contributed by atoms with van der Waals surface area (Å²) in [6, 6.07) is 1.62. The lowest BCUT2D eigenvalue weighted by atomic mass is 10.2. The van der Waals surface area contributed by atoms with Crippen molar-refractivity contribution in [3.05, 3.63) is 30.1 Å². The number of hydrogen-bond donors (Lipinski definition) is 3. The maximum Gasteiger partial charge on any atom is 0.328 e. The van der Waals surface area contributed by atoms with Gasteiger partial charge in [-0.1, -0.05) is 0 Å². The molecule has 2 unspecified atom stereocenters. The fourth-order valence-corrected chi connectivity index (χ4v) is 1.47. The van der Waals surface area contributed by atoms with Crippen molar-refractivity contribution in [1.29, 1.82) is 0 Å². The largest absolute Gasteiger partial charge is 0.480 e. The molecule has 0 aliphatic rings. The van der Waals surface area contributed by atoms with Crippen molar-refractivity contribution < 1.29 is 19.8 Å². The number of carboxylic acid groups (broad SMARTS) is 1. The molecule has 19 heavy (non-hydrogen) atoms. The number of nitrogens with zero attached hydrogens (tertiary/aromatic N) is 2. The van der Waals surface area contributed by atoms with Crippen LogP contribution in [0.3, 0.4) is 0 Å². The second-order valence-electron chi connectivity index (χ2n) is 4.22. The van der Waals surface area contributed by atoms with Crippen molar-refractivity contribution in [3.8, 4) is 0 Å². The van der Waals surface area contributed by atoms with Gasteiger partial charge in [0.25, 0.3) is 0 Å². The van der Waals surface area contributed by atoms with Crippen molar-refractivity contribution >= 4 is 12.0 Å². The highest BCUT2D eigenvalue weighted by atomic mass is 16.4. The van der Waals surface area contributed by atoms with Crippen LogP contribution in [-0.2, 0) is 11.3 Å². The van der Waals surface area contributed by atoms with Gasteiger partial charge in [0.15, 0.2) is 6.04 Å². The predicted octanol–water partition coefficient (Wildman–Crippen LogP) is 0.0570. The zero-order valence-electron chi connectivity index (χ0n) is 10.8. The first-order chi connectivity index (χ1) is 8.91. The Hall–Kier alpha value is -2.15. The van der Waals surface area contributed by atoms with E-state index in [1.54, 1.807) is 24.5 Å². The SMILES string of the molecule is CC(O)C(NC(=O)N(C)Cc1ccncc1)C(=O)O. The molecule has 2 atom stereocenters. The standard InChI is InChI=1S/C12H17N3O4/c1-8(16)10(11(17)18)14-12(19)15(2)7-9-3-5-13-6-4-9/h3-6,8,10,16H,7H2,1-2H3,(H,14,19)(H,17,18). The number of pyridine rings is 1. The van der Waals surface area contributed by atoms with Crippen molar-refractivity contribution in [2.75, 3.05) is 7.05 Å². The van der Waals surface area contributed by atoms with Gasteiger partial charge in [0.05, 0.1) is 6.10 Å². The smallest absolute Gasteiger partial charge is 0.328 e. The quantitative estimate of drug-likeness (QED) is 0.700.